The van der Waals surface area contributed by atoms with E-state index in [1.54, 1.807) is 6.20 Å². The highest BCUT2D eigenvalue weighted by atomic mass is 15.1. The lowest BCUT2D eigenvalue weighted by atomic mass is 9.91. The van der Waals surface area contributed by atoms with Crippen molar-refractivity contribution in [2.45, 2.75) is 44.7 Å². The topological polar surface area (TPSA) is 63.8 Å². The third-order valence-corrected chi connectivity index (χ3v) is 2.93. The molecular formula is C11H18N4. The lowest BCUT2D eigenvalue weighted by molar-refractivity contribution is 0.403. The Kier molecular flexibility index (Phi) is 3.16. The van der Waals surface area contributed by atoms with Gasteiger partial charge in [-0.2, -0.15) is 0 Å². The molecule has 1 heterocycles. The molecule has 3 N–H and O–H groups in total. The summed E-state index contributed by atoms with van der Waals surface area (Å²) in [5.41, 5.74) is 6.06. The van der Waals surface area contributed by atoms with E-state index in [9.17, 15) is 0 Å². The van der Waals surface area contributed by atoms with Crippen molar-refractivity contribution in [1.29, 1.82) is 0 Å². The standard InChI is InChI=1S/C11H18N4/c1-8-13-7-6-11(14-8)15-10-5-3-2-4-9(10)12/h6-7,9-10H,2-5,12H2,1H3,(H,13,14,15). The molecule has 1 aliphatic rings. The summed E-state index contributed by atoms with van der Waals surface area (Å²) in [4.78, 5) is 8.39. The lowest BCUT2D eigenvalue weighted by Crippen LogP contribution is -2.42. The maximum Gasteiger partial charge on any atom is 0.129 e. The van der Waals surface area contributed by atoms with Gasteiger partial charge in [0.1, 0.15) is 11.6 Å². The molecule has 82 valence electrons. The van der Waals surface area contributed by atoms with E-state index in [2.05, 4.69) is 15.3 Å². The minimum absolute atomic E-state index is 0.258. The molecule has 1 aromatic rings. The number of aromatic nitrogens is 2. The van der Waals surface area contributed by atoms with Crippen molar-refractivity contribution >= 4 is 5.82 Å². The fraction of sp³-hybridized carbons (Fsp3) is 0.636. The number of anilines is 1. The Morgan fingerprint density at radius 3 is 2.93 bits per heavy atom. The fourth-order valence-electron chi connectivity index (χ4n) is 2.07. The lowest BCUT2D eigenvalue weighted by Gasteiger charge is -2.29. The van der Waals surface area contributed by atoms with Gasteiger partial charge < -0.3 is 11.1 Å². The van der Waals surface area contributed by atoms with Gasteiger partial charge in [-0.25, -0.2) is 9.97 Å². The molecule has 2 unspecified atom stereocenters. The molecule has 0 amide bonds. The molecule has 2 rings (SSSR count). The molecule has 2 atom stereocenters. The summed E-state index contributed by atoms with van der Waals surface area (Å²) >= 11 is 0. The molecule has 4 nitrogen and oxygen atoms in total. The van der Waals surface area contributed by atoms with E-state index in [0.717, 1.165) is 24.5 Å². The number of rotatable bonds is 2. The van der Waals surface area contributed by atoms with E-state index in [1.165, 1.54) is 12.8 Å². The SMILES string of the molecule is Cc1nccc(NC2CCCCC2N)n1. The van der Waals surface area contributed by atoms with Crippen molar-refractivity contribution in [2.24, 2.45) is 5.73 Å². The van der Waals surface area contributed by atoms with Crippen LogP contribution in [0, 0.1) is 6.92 Å². The predicted octanol–water partition coefficient (Wildman–Crippen LogP) is 1.47. The van der Waals surface area contributed by atoms with Gasteiger partial charge in [-0.05, 0) is 25.8 Å². The summed E-state index contributed by atoms with van der Waals surface area (Å²) in [7, 11) is 0. The number of aryl methyl sites for hydroxylation is 1. The Morgan fingerprint density at radius 1 is 1.40 bits per heavy atom. The molecule has 0 spiro atoms. The molecule has 4 heteroatoms. The van der Waals surface area contributed by atoms with Crippen LogP contribution in [0.2, 0.25) is 0 Å². The average molecular weight is 206 g/mol. The van der Waals surface area contributed by atoms with Crippen LogP contribution in [-0.2, 0) is 0 Å². The summed E-state index contributed by atoms with van der Waals surface area (Å²) in [5, 5.41) is 3.40. The van der Waals surface area contributed by atoms with Gasteiger partial charge in [0.05, 0.1) is 0 Å². The minimum Gasteiger partial charge on any atom is -0.366 e. The smallest absolute Gasteiger partial charge is 0.129 e. The third-order valence-electron chi connectivity index (χ3n) is 2.93. The maximum absolute atomic E-state index is 6.06. The van der Waals surface area contributed by atoms with Gasteiger partial charge in [0, 0.05) is 18.3 Å². The van der Waals surface area contributed by atoms with Crippen molar-refractivity contribution in [3.63, 3.8) is 0 Å². The fourth-order valence-corrected chi connectivity index (χ4v) is 2.07. The Balaban J connectivity index is 2.01. The monoisotopic (exact) mass is 206 g/mol. The predicted molar refractivity (Wildman–Crippen MR) is 60.6 cm³/mol. The highest BCUT2D eigenvalue weighted by Gasteiger charge is 2.21. The van der Waals surface area contributed by atoms with E-state index >= 15 is 0 Å². The second kappa shape index (κ2) is 4.57. The van der Waals surface area contributed by atoms with Crippen LogP contribution < -0.4 is 11.1 Å². The van der Waals surface area contributed by atoms with Gasteiger partial charge in [-0.15, -0.1) is 0 Å². The first-order chi connectivity index (χ1) is 7.25. The first-order valence-electron chi connectivity index (χ1n) is 5.57. The summed E-state index contributed by atoms with van der Waals surface area (Å²) in [6, 6.07) is 2.52. The Morgan fingerprint density at radius 2 is 2.20 bits per heavy atom. The highest BCUT2D eigenvalue weighted by Crippen LogP contribution is 2.19. The van der Waals surface area contributed by atoms with E-state index in [4.69, 9.17) is 5.73 Å². The maximum atomic E-state index is 6.06. The zero-order chi connectivity index (χ0) is 10.7. The quantitative estimate of drug-likeness (QED) is 0.769. The molecule has 15 heavy (non-hydrogen) atoms. The van der Waals surface area contributed by atoms with Crippen molar-refractivity contribution in [1.82, 2.24) is 9.97 Å². The molecule has 0 aliphatic heterocycles. The van der Waals surface area contributed by atoms with E-state index in [0.29, 0.717) is 6.04 Å². The van der Waals surface area contributed by atoms with Gasteiger partial charge in [0.25, 0.3) is 0 Å². The van der Waals surface area contributed by atoms with Crippen LogP contribution in [0.4, 0.5) is 5.82 Å². The Hall–Kier alpha value is -1.16. The van der Waals surface area contributed by atoms with Crippen LogP contribution in [0.25, 0.3) is 0 Å². The second-order valence-corrected chi connectivity index (χ2v) is 4.19. The van der Waals surface area contributed by atoms with Gasteiger partial charge in [0.2, 0.25) is 0 Å². The summed E-state index contributed by atoms with van der Waals surface area (Å²) in [5.74, 6) is 1.69. The van der Waals surface area contributed by atoms with Crippen LogP contribution in [-0.4, -0.2) is 22.1 Å². The summed E-state index contributed by atoms with van der Waals surface area (Å²) < 4.78 is 0. The zero-order valence-electron chi connectivity index (χ0n) is 9.11. The largest absolute Gasteiger partial charge is 0.366 e. The number of nitrogens with one attached hydrogen (secondary N) is 1. The van der Waals surface area contributed by atoms with Crippen molar-refractivity contribution in [3.8, 4) is 0 Å². The Bertz CT molecular complexity index is 326. The van der Waals surface area contributed by atoms with Crippen molar-refractivity contribution in [2.75, 3.05) is 5.32 Å². The molecule has 0 bridgehead atoms. The molecule has 0 aromatic carbocycles. The molecular weight excluding hydrogens is 188 g/mol. The number of hydrogen-bond acceptors (Lipinski definition) is 4. The van der Waals surface area contributed by atoms with Crippen molar-refractivity contribution in [3.05, 3.63) is 18.1 Å². The number of nitrogens with two attached hydrogens (primary N) is 1. The Labute approximate surface area is 90.3 Å². The summed E-state index contributed by atoms with van der Waals surface area (Å²) in [6.45, 7) is 1.89. The van der Waals surface area contributed by atoms with Gasteiger partial charge in [-0.1, -0.05) is 12.8 Å². The van der Waals surface area contributed by atoms with Crippen LogP contribution >= 0.6 is 0 Å². The van der Waals surface area contributed by atoms with Crippen molar-refractivity contribution < 1.29 is 0 Å². The molecule has 0 radical (unpaired) electrons. The van der Waals surface area contributed by atoms with Gasteiger partial charge in [-0.3, -0.25) is 0 Å². The molecule has 0 saturated heterocycles. The number of nitrogens with zero attached hydrogens (tertiary/aromatic N) is 2. The van der Waals surface area contributed by atoms with E-state index in [-0.39, 0.29) is 6.04 Å². The van der Waals surface area contributed by atoms with Gasteiger partial charge >= 0.3 is 0 Å². The highest BCUT2D eigenvalue weighted by molar-refractivity contribution is 5.34. The summed E-state index contributed by atoms with van der Waals surface area (Å²) in [6.07, 6.45) is 6.54. The van der Waals surface area contributed by atoms with Crippen LogP contribution in [0.1, 0.15) is 31.5 Å². The van der Waals surface area contributed by atoms with Gasteiger partial charge in [0.15, 0.2) is 0 Å². The zero-order valence-corrected chi connectivity index (χ0v) is 9.11. The molecule has 1 fully saturated rings. The first kappa shape index (κ1) is 10.4. The average Bonchev–Trinajstić information content (AvgIpc) is 2.22. The van der Waals surface area contributed by atoms with Crippen LogP contribution in [0.15, 0.2) is 12.3 Å². The normalized spacial score (nSPS) is 26.3. The van der Waals surface area contributed by atoms with Crippen LogP contribution in [0.5, 0.6) is 0 Å². The second-order valence-electron chi connectivity index (χ2n) is 4.19. The number of hydrogen-bond donors (Lipinski definition) is 2. The molecule has 1 aromatic heterocycles. The van der Waals surface area contributed by atoms with E-state index in [1.807, 2.05) is 13.0 Å². The first-order valence-corrected chi connectivity index (χ1v) is 5.57. The molecule has 1 aliphatic carbocycles. The third kappa shape index (κ3) is 2.65. The van der Waals surface area contributed by atoms with E-state index < -0.39 is 0 Å². The molecule has 1 saturated carbocycles. The minimum atomic E-state index is 0.258. The van der Waals surface area contributed by atoms with Crippen LogP contribution in [0.3, 0.4) is 0 Å².